The summed E-state index contributed by atoms with van der Waals surface area (Å²) in [4.78, 5) is 11.6. The predicted octanol–water partition coefficient (Wildman–Crippen LogP) is 1.62. The van der Waals surface area contributed by atoms with Gasteiger partial charge in [0.15, 0.2) is 0 Å². The highest BCUT2D eigenvalue weighted by Crippen LogP contribution is 2.25. The van der Waals surface area contributed by atoms with E-state index < -0.39 is 0 Å². The maximum Gasteiger partial charge on any atom is 0.308 e. The Morgan fingerprint density at radius 2 is 2.28 bits per heavy atom. The van der Waals surface area contributed by atoms with E-state index in [1.165, 1.54) is 5.56 Å². The topological polar surface area (TPSA) is 67.0 Å². The van der Waals surface area contributed by atoms with Crippen LogP contribution in [-0.4, -0.2) is 28.8 Å². The van der Waals surface area contributed by atoms with Gasteiger partial charge in [-0.05, 0) is 32.6 Å². The van der Waals surface area contributed by atoms with E-state index in [1.807, 2.05) is 19.3 Å². The molecule has 0 aromatic carbocycles. The molecule has 5 heteroatoms. The molecule has 100 valence electrons. The van der Waals surface area contributed by atoms with Crippen LogP contribution < -0.4 is 5.32 Å². The molecule has 2 rings (SSSR count). The fourth-order valence-corrected chi connectivity index (χ4v) is 2.43. The van der Waals surface area contributed by atoms with Gasteiger partial charge in [-0.3, -0.25) is 9.89 Å². The predicted molar refractivity (Wildman–Crippen MR) is 67.8 cm³/mol. The highest BCUT2D eigenvalue weighted by atomic mass is 16.5. The van der Waals surface area contributed by atoms with Crippen LogP contribution in [0.5, 0.6) is 0 Å². The molecule has 1 aliphatic carbocycles. The molecule has 0 atom stereocenters. The molecule has 18 heavy (non-hydrogen) atoms. The zero-order valence-electron chi connectivity index (χ0n) is 10.8. The number of H-pyrrole nitrogens is 1. The van der Waals surface area contributed by atoms with Crippen molar-refractivity contribution < 1.29 is 9.53 Å². The second-order valence-electron chi connectivity index (χ2n) is 4.79. The minimum absolute atomic E-state index is 0.0224. The Morgan fingerprint density at radius 1 is 1.50 bits per heavy atom. The van der Waals surface area contributed by atoms with Crippen LogP contribution in [0.1, 0.15) is 38.2 Å². The Bertz CT molecular complexity index is 356. The van der Waals surface area contributed by atoms with Crippen LogP contribution in [-0.2, 0) is 16.1 Å². The Labute approximate surface area is 107 Å². The zero-order chi connectivity index (χ0) is 12.8. The van der Waals surface area contributed by atoms with Crippen molar-refractivity contribution in [1.29, 1.82) is 0 Å². The number of hydrogen-bond donors (Lipinski definition) is 2. The van der Waals surface area contributed by atoms with E-state index in [2.05, 4.69) is 15.5 Å². The third-order valence-electron chi connectivity index (χ3n) is 3.50. The first kappa shape index (κ1) is 13.1. The summed E-state index contributed by atoms with van der Waals surface area (Å²) >= 11 is 0. The summed E-state index contributed by atoms with van der Waals surface area (Å²) in [6, 6.07) is 0.505. The third kappa shape index (κ3) is 3.57. The van der Waals surface area contributed by atoms with Crippen molar-refractivity contribution in [2.45, 2.75) is 45.2 Å². The van der Waals surface area contributed by atoms with Crippen LogP contribution in [0.15, 0.2) is 12.4 Å². The first-order chi connectivity index (χ1) is 8.79. The standard InChI is InChI=1S/C13H21N3O2/c1-2-18-13(17)11-3-5-12(6-4-11)14-7-10-8-15-16-9-10/h8-9,11-12,14H,2-7H2,1H3,(H,15,16). The summed E-state index contributed by atoms with van der Waals surface area (Å²) in [6.07, 6.45) is 7.68. The lowest BCUT2D eigenvalue weighted by molar-refractivity contribution is -0.149. The molecule has 0 amide bonds. The number of aromatic amines is 1. The van der Waals surface area contributed by atoms with E-state index in [0.717, 1.165) is 32.2 Å². The highest BCUT2D eigenvalue weighted by Gasteiger charge is 2.26. The highest BCUT2D eigenvalue weighted by molar-refractivity contribution is 5.72. The molecule has 1 heterocycles. The van der Waals surface area contributed by atoms with Gasteiger partial charge in [0, 0.05) is 24.3 Å². The van der Waals surface area contributed by atoms with Crippen LogP contribution >= 0.6 is 0 Å². The van der Waals surface area contributed by atoms with Gasteiger partial charge in [0.1, 0.15) is 0 Å². The SMILES string of the molecule is CCOC(=O)C1CCC(NCc2cn[nH]c2)CC1. The molecule has 0 aliphatic heterocycles. The van der Waals surface area contributed by atoms with Crippen molar-refractivity contribution in [3.8, 4) is 0 Å². The van der Waals surface area contributed by atoms with Gasteiger partial charge in [0.2, 0.25) is 0 Å². The third-order valence-corrected chi connectivity index (χ3v) is 3.50. The van der Waals surface area contributed by atoms with Gasteiger partial charge in [-0.15, -0.1) is 0 Å². The number of nitrogens with zero attached hydrogens (tertiary/aromatic N) is 1. The number of hydrogen-bond acceptors (Lipinski definition) is 4. The van der Waals surface area contributed by atoms with E-state index in [-0.39, 0.29) is 11.9 Å². The molecule has 1 fully saturated rings. The molecule has 0 saturated heterocycles. The minimum atomic E-state index is -0.0224. The number of rotatable bonds is 5. The van der Waals surface area contributed by atoms with Crippen LogP contribution in [0.4, 0.5) is 0 Å². The number of carbonyl (C=O) groups excluding carboxylic acids is 1. The number of aromatic nitrogens is 2. The Hall–Kier alpha value is -1.36. The largest absolute Gasteiger partial charge is 0.466 e. The van der Waals surface area contributed by atoms with E-state index >= 15 is 0 Å². The van der Waals surface area contributed by atoms with Gasteiger partial charge in [-0.25, -0.2) is 0 Å². The summed E-state index contributed by atoms with van der Waals surface area (Å²) in [5.74, 6) is 0.0858. The second kappa shape index (κ2) is 6.54. The van der Waals surface area contributed by atoms with Crippen LogP contribution in [0.25, 0.3) is 0 Å². The van der Waals surface area contributed by atoms with Gasteiger partial charge >= 0.3 is 5.97 Å². The normalized spacial score (nSPS) is 23.8. The Kier molecular flexibility index (Phi) is 4.75. The van der Waals surface area contributed by atoms with Gasteiger partial charge in [0.25, 0.3) is 0 Å². The Balaban J connectivity index is 1.68. The number of carbonyl (C=O) groups is 1. The molecule has 0 spiro atoms. The smallest absolute Gasteiger partial charge is 0.308 e. The van der Waals surface area contributed by atoms with Crippen LogP contribution in [0.3, 0.4) is 0 Å². The molecule has 1 aromatic rings. The number of esters is 1. The van der Waals surface area contributed by atoms with Crippen molar-refractivity contribution in [1.82, 2.24) is 15.5 Å². The summed E-state index contributed by atoms with van der Waals surface area (Å²) in [5, 5.41) is 10.2. The molecular formula is C13H21N3O2. The van der Waals surface area contributed by atoms with E-state index in [4.69, 9.17) is 4.74 Å². The van der Waals surface area contributed by atoms with E-state index in [9.17, 15) is 4.79 Å². The van der Waals surface area contributed by atoms with Gasteiger partial charge < -0.3 is 10.1 Å². The maximum absolute atomic E-state index is 11.6. The van der Waals surface area contributed by atoms with Gasteiger partial charge in [0.05, 0.1) is 18.7 Å². The van der Waals surface area contributed by atoms with Gasteiger partial charge in [-0.2, -0.15) is 5.10 Å². The number of nitrogens with one attached hydrogen (secondary N) is 2. The van der Waals surface area contributed by atoms with Crippen LogP contribution in [0.2, 0.25) is 0 Å². The summed E-state index contributed by atoms with van der Waals surface area (Å²) in [6.45, 7) is 3.18. The molecule has 5 nitrogen and oxygen atoms in total. The average molecular weight is 251 g/mol. The summed E-state index contributed by atoms with van der Waals surface area (Å²) in [5.41, 5.74) is 1.17. The molecule has 0 bridgehead atoms. The summed E-state index contributed by atoms with van der Waals surface area (Å²) in [7, 11) is 0. The van der Waals surface area contributed by atoms with Crippen molar-refractivity contribution in [2.75, 3.05) is 6.61 Å². The monoisotopic (exact) mass is 251 g/mol. The lowest BCUT2D eigenvalue weighted by Gasteiger charge is -2.27. The first-order valence-corrected chi connectivity index (χ1v) is 6.67. The summed E-state index contributed by atoms with van der Waals surface area (Å²) < 4.78 is 5.06. The van der Waals surface area contributed by atoms with Crippen molar-refractivity contribution >= 4 is 5.97 Å². The first-order valence-electron chi connectivity index (χ1n) is 6.67. The van der Waals surface area contributed by atoms with Gasteiger partial charge in [-0.1, -0.05) is 0 Å². The van der Waals surface area contributed by atoms with Crippen molar-refractivity contribution in [3.63, 3.8) is 0 Å². The lowest BCUT2D eigenvalue weighted by atomic mass is 9.86. The average Bonchev–Trinajstić information content (AvgIpc) is 2.90. The Morgan fingerprint density at radius 3 is 2.89 bits per heavy atom. The fourth-order valence-electron chi connectivity index (χ4n) is 2.43. The second-order valence-corrected chi connectivity index (χ2v) is 4.79. The molecule has 1 aliphatic rings. The molecule has 2 N–H and O–H groups in total. The molecule has 0 unspecified atom stereocenters. The fraction of sp³-hybridized carbons (Fsp3) is 0.692. The van der Waals surface area contributed by atoms with Crippen molar-refractivity contribution in [2.24, 2.45) is 5.92 Å². The quantitative estimate of drug-likeness (QED) is 0.780. The molecule has 1 saturated carbocycles. The van der Waals surface area contributed by atoms with Crippen LogP contribution in [0, 0.1) is 5.92 Å². The zero-order valence-corrected chi connectivity index (χ0v) is 10.8. The molecular weight excluding hydrogens is 230 g/mol. The lowest BCUT2D eigenvalue weighted by Crippen LogP contribution is -2.35. The van der Waals surface area contributed by atoms with E-state index in [1.54, 1.807) is 0 Å². The minimum Gasteiger partial charge on any atom is -0.466 e. The van der Waals surface area contributed by atoms with E-state index in [0.29, 0.717) is 12.6 Å². The number of ether oxygens (including phenoxy) is 1. The van der Waals surface area contributed by atoms with Crippen molar-refractivity contribution in [3.05, 3.63) is 18.0 Å². The maximum atomic E-state index is 11.6. The molecule has 0 radical (unpaired) electrons. The molecule has 1 aromatic heterocycles.